The van der Waals surface area contributed by atoms with Gasteiger partial charge in [0, 0.05) is 22.5 Å². The molecular formula is C55H45N. The summed E-state index contributed by atoms with van der Waals surface area (Å²) in [6.07, 6.45) is 6.60. The second-order valence-corrected chi connectivity index (χ2v) is 14.8. The fourth-order valence-corrected chi connectivity index (χ4v) is 8.79. The van der Waals surface area contributed by atoms with Crippen LogP contribution in [0.4, 0.5) is 17.1 Å². The SMILES string of the molecule is CCC1(CC)c2cc(C=Cc3ccc(-c4cc(-c5ccccc5)ccc4-c4ccccc4)cc3)ccc2-c2ccc(N(c3ccccc3)c3ccccc3)cc21. The van der Waals surface area contributed by atoms with E-state index in [2.05, 4.69) is 231 Å². The van der Waals surface area contributed by atoms with Gasteiger partial charge in [-0.25, -0.2) is 0 Å². The fourth-order valence-electron chi connectivity index (χ4n) is 8.79. The van der Waals surface area contributed by atoms with Crippen molar-refractivity contribution in [2.75, 3.05) is 4.90 Å². The number of rotatable bonds is 10. The van der Waals surface area contributed by atoms with Crippen LogP contribution < -0.4 is 4.90 Å². The standard InChI is InChI=1S/C55H45N/c1-3-55(4-2)53-37-41(29-34-50(53)51-36-33-48(39-54(51)55)56(46-21-13-7-14-22-46)47-23-15-8-16-24-47)26-25-40-27-30-44(31-28-40)52-38-45(42-17-9-5-10-18-42)32-35-49(52)43-19-11-6-12-20-43/h5-39H,3-4H2,1-2H3. The average molecular weight is 720 g/mol. The van der Waals surface area contributed by atoms with Crippen molar-refractivity contribution in [3.8, 4) is 44.5 Å². The predicted octanol–water partition coefficient (Wildman–Crippen LogP) is 15.4. The van der Waals surface area contributed by atoms with E-state index in [1.54, 1.807) is 0 Å². The zero-order valence-electron chi connectivity index (χ0n) is 32.1. The van der Waals surface area contributed by atoms with E-state index in [9.17, 15) is 0 Å². The normalized spacial score (nSPS) is 12.7. The van der Waals surface area contributed by atoms with E-state index in [0.717, 1.165) is 24.2 Å². The molecule has 1 aliphatic rings. The second kappa shape index (κ2) is 15.2. The van der Waals surface area contributed by atoms with Crippen LogP contribution in [0.3, 0.4) is 0 Å². The van der Waals surface area contributed by atoms with Gasteiger partial charge in [-0.3, -0.25) is 0 Å². The van der Waals surface area contributed by atoms with E-state index in [1.165, 1.54) is 72.4 Å². The Bertz CT molecular complexity index is 2580. The maximum absolute atomic E-state index is 2.46. The van der Waals surface area contributed by atoms with E-state index < -0.39 is 0 Å². The summed E-state index contributed by atoms with van der Waals surface area (Å²) in [7, 11) is 0. The molecule has 0 aromatic heterocycles. The summed E-state index contributed by atoms with van der Waals surface area (Å²) in [5.74, 6) is 0. The second-order valence-electron chi connectivity index (χ2n) is 14.8. The minimum absolute atomic E-state index is 0.0596. The summed E-state index contributed by atoms with van der Waals surface area (Å²) in [5, 5.41) is 0. The molecule has 0 saturated heterocycles. The molecule has 1 aliphatic carbocycles. The summed E-state index contributed by atoms with van der Waals surface area (Å²) in [6.45, 7) is 4.70. The van der Waals surface area contributed by atoms with Gasteiger partial charge in [0.25, 0.3) is 0 Å². The highest BCUT2D eigenvalue weighted by molar-refractivity contribution is 5.89. The van der Waals surface area contributed by atoms with Crippen LogP contribution in [0.5, 0.6) is 0 Å². The first-order chi connectivity index (χ1) is 27.6. The van der Waals surface area contributed by atoms with E-state index in [4.69, 9.17) is 0 Å². The predicted molar refractivity (Wildman–Crippen MR) is 240 cm³/mol. The molecule has 0 aliphatic heterocycles. The number of anilines is 3. The number of nitrogens with zero attached hydrogens (tertiary/aromatic N) is 1. The van der Waals surface area contributed by atoms with Crippen LogP contribution in [-0.4, -0.2) is 0 Å². The number of benzene rings is 8. The molecule has 0 radical (unpaired) electrons. The van der Waals surface area contributed by atoms with E-state index in [-0.39, 0.29) is 5.41 Å². The van der Waals surface area contributed by atoms with Crippen LogP contribution in [0.25, 0.3) is 56.7 Å². The molecule has 0 heterocycles. The molecule has 8 aromatic rings. The van der Waals surface area contributed by atoms with Crippen molar-refractivity contribution in [1.82, 2.24) is 0 Å². The van der Waals surface area contributed by atoms with Crippen molar-refractivity contribution in [2.24, 2.45) is 0 Å². The fraction of sp³-hybridized carbons (Fsp3) is 0.0909. The van der Waals surface area contributed by atoms with Crippen molar-refractivity contribution in [3.05, 3.63) is 222 Å². The van der Waals surface area contributed by atoms with Gasteiger partial charge >= 0.3 is 0 Å². The van der Waals surface area contributed by atoms with E-state index in [1.807, 2.05) is 0 Å². The first-order valence-electron chi connectivity index (χ1n) is 19.9. The van der Waals surface area contributed by atoms with Crippen molar-refractivity contribution < 1.29 is 0 Å². The highest BCUT2D eigenvalue weighted by Crippen LogP contribution is 2.54. The molecule has 270 valence electrons. The molecule has 0 fully saturated rings. The summed E-state index contributed by atoms with van der Waals surface area (Å²) in [5.41, 5.74) is 18.8. The van der Waals surface area contributed by atoms with Crippen molar-refractivity contribution in [3.63, 3.8) is 0 Å². The topological polar surface area (TPSA) is 3.24 Å². The Kier molecular flexibility index (Phi) is 9.51. The monoisotopic (exact) mass is 719 g/mol. The lowest BCUT2D eigenvalue weighted by molar-refractivity contribution is 0.490. The maximum atomic E-state index is 2.46. The molecule has 0 amide bonds. The van der Waals surface area contributed by atoms with Gasteiger partial charge in [-0.2, -0.15) is 0 Å². The van der Waals surface area contributed by atoms with Gasteiger partial charge in [0.05, 0.1) is 0 Å². The van der Waals surface area contributed by atoms with E-state index in [0.29, 0.717) is 0 Å². The maximum Gasteiger partial charge on any atom is 0.0465 e. The van der Waals surface area contributed by atoms with Gasteiger partial charge in [0.2, 0.25) is 0 Å². The van der Waals surface area contributed by atoms with Crippen LogP contribution in [0.2, 0.25) is 0 Å². The number of para-hydroxylation sites is 2. The third-order valence-electron chi connectivity index (χ3n) is 11.8. The van der Waals surface area contributed by atoms with Gasteiger partial charge < -0.3 is 4.90 Å². The van der Waals surface area contributed by atoms with Crippen molar-refractivity contribution in [2.45, 2.75) is 32.1 Å². The number of hydrogen-bond acceptors (Lipinski definition) is 1. The minimum Gasteiger partial charge on any atom is -0.310 e. The average Bonchev–Trinajstić information content (AvgIpc) is 3.55. The molecule has 8 aromatic carbocycles. The Morgan fingerprint density at radius 2 is 0.821 bits per heavy atom. The van der Waals surface area contributed by atoms with Crippen molar-refractivity contribution >= 4 is 29.2 Å². The highest BCUT2D eigenvalue weighted by Gasteiger charge is 2.41. The minimum atomic E-state index is -0.0596. The molecule has 1 heteroatoms. The third kappa shape index (κ3) is 6.46. The molecule has 0 spiro atoms. The molecule has 9 rings (SSSR count). The Hall–Kier alpha value is -6.70. The summed E-state index contributed by atoms with van der Waals surface area (Å²) in [4.78, 5) is 2.38. The highest BCUT2D eigenvalue weighted by atomic mass is 15.1. The Labute approximate surface area is 331 Å². The van der Waals surface area contributed by atoms with E-state index >= 15 is 0 Å². The Balaban J connectivity index is 1.03. The summed E-state index contributed by atoms with van der Waals surface area (Å²) < 4.78 is 0. The summed E-state index contributed by atoms with van der Waals surface area (Å²) >= 11 is 0. The smallest absolute Gasteiger partial charge is 0.0465 e. The zero-order chi connectivity index (χ0) is 37.9. The van der Waals surface area contributed by atoms with Crippen LogP contribution >= 0.6 is 0 Å². The molecule has 0 saturated carbocycles. The first-order valence-corrected chi connectivity index (χ1v) is 19.9. The third-order valence-corrected chi connectivity index (χ3v) is 11.8. The van der Waals surface area contributed by atoms with Gasteiger partial charge in [0.1, 0.15) is 0 Å². The lowest BCUT2D eigenvalue weighted by atomic mass is 9.73. The number of fused-ring (bicyclic) bond motifs is 3. The molecule has 1 nitrogen and oxygen atoms in total. The molecular weight excluding hydrogens is 675 g/mol. The van der Waals surface area contributed by atoms with Gasteiger partial charge in [-0.15, -0.1) is 0 Å². The molecule has 0 atom stereocenters. The number of hydrogen-bond donors (Lipinski definition) is 0. The zero-order valence-corrected chi connectivity index (χ0v) is 32.1. The van der Waals surface area contributed by atoms with Crippen LogP contribution in [0, 0.1) is 0 Å². The van der Waals surface area contributed by atoms with Gasteiger partial charge in [-0.05, 0) is 122 Å². The molecule has 0 unspecified atom stereocenters. The molecule has 0 N–H and O–H groups in total. The van der Waals surface area contributed by atoms with Crippen LogP contribution in [0.15, 0.2) is 200 Å². The van der Waals surface area contributed by atoms with Gasteiger partial charge in [-0.1, -0.05) is 184 Å². The Morgan fingerprint density at radius 3 is 1.43 bits per heavy atom. The van der Waals surface area contributed by atoms with Gasteiger partial charge in [0.15, 0.2) is 0 Å². The lowest BCUT2D eigenvalue weighted by Gasteiger charge is -2.32. The largest absolute Gasteiger partial charge is 0.310 e. The quantitative estimate of drug-likeness (QED) is 0.127. The summed E-state index contributed by atoms with van der Waals surface area (Å²) in [6, 6.07) is 72.8. The van der Waals surface area contributed by atoms with Crippen LogP contribution in [0.1, 0.15) is 48.9 Å². The van der Waals surface area contributed by atoms with Crippen LogP contribution in [-0.2, 0) is 5.41 Å². The molecule has 0 bridgehead atoms. The Morgan fingerprint density at radius 1 is 0.357 bits per heavy atom. The van der Waals surface area contributed by atoms with Crippen molar-refractivity contribution in [1.29, 1.82) is 0 Å². The first kappa shape index (κ1) is 35.0. The lowest BCUT2D eigenvalue weighted by Crippen LogP contribution is -2.23. The molecule has 56 heavy (non-hydrogen) atoms.